The van der Waals surface area contributed by atoms with Gasteiger partial charge in [-0.15, -0.1) is 10.2 Å². The van der Waals surface area contributed by atoms with Crippen molar-refractivity contribution in [3.63, 3.8) is 0 Å². The highest BCUT2D eigenvalue weighted by Gasteiger charge is 2.17. The van der Waals surface area contributed by atoms with Crippen LogP contribution < -0.4 is 5.43 Å². The zero-order chi connectivity index (χ0) is 23.2. The van der Waals surface area contributed by atoms with Gasteiger partial charge in [0.2, 0.25) is 0 Å². The van der Waals surface area contributed by atoms with Crippen molar-refractivity contribution in [1.29, 1.82) is 0 Å². The van der Waals surface area contributed by atoms with Crippen LogP contribution in [0, 0.1) is 6.92 Å². The summed E-state index contributed by atoms with van der Waals surface area (Å²) in [6.07, 6.45) is 3.43. The Morgan fingerprint density at radius 2 is 1.73 bits per heavy atom. The highest BCUT2D eigenvalue weighted by atomic mass is 35.5. The standard InChI is InChI=1S/C24H21ClN6OS/c1-16-3-9-21(10-4-16)31-23(19-11-13-26-14-12-19)29-30-24(31)33-15-22(32)28-27-17(2)18-5-7-20(25)8-6-18/h3-14H,15H2,1-2H3,(H,28,32)/b27-17+. The largest absolute Gasteiger partial charge is 0.272 e. The van der Waals surface area contributed by atoms with E-state index in [1.54, 1.807) is 24.5 Å². The van der Waals surface area contributed by atoms with Gasteiger partial charge in [-0.25, -0.2) is 5.43 Å². The smallest absolute Gasteiger partial charge is 0.250 e. The van der Waals surface area contributed by atoms with Gasteiger partial charge in [-0.2, -0.15) is 5.10 Å². The summed E-state index contributed by atoms with van der Waals surface area (Å²) >= 11 is 7.21. The fourth-order valence-electron chi connectivity index (χ4n) is 3.04. The number of pyridine rings is 1. The topological polar surface area (TPSA) is 85.1 Å². The average molecular weight is 477 g/mol. The first-order chi connectivity index (χ1) is 16.0. The molecule has 166 valence electrons. The van der Waals surface area contributed by atoms with Crippen LogP contribution in [0.1, 0.15) is 18.1 Å². The zero-order valence-electron chi connectivity index (χ0n) is 18.1. The third-order valence-corrected chi connectivity index (χ3v) is 5.99. The lowest BCUT2D eigenvalue weighted by atomic mass is 10.1. The maximum atomic E-state index is 12.4. The maximum Gasteiger partial charge on any atom is 0.250 e. The summed E-state index contributed by atoms with van der Waals surface area (Å²) in [4.78, 5) is 16.5. The molecule has 0 aliphatic carbocycles. The summed E-state index contributed by atoms with van der Waals surface area (Å²) in [5.41, 5.74) is 7.12. The molecule has 0 unspecified atom stereocenters. The number of aromatic nitrogens is 4. The Labute approximate surface area is 200 Å². The van der Waals surface area contributed by atoms with E-state index >= 15 is 0 Å². The third-order valence-electron chi connectivity index (χ3n) is 4.81. The first-order valence-electron chi connectivity index (χ1n) is 10.2. The van der Waals surface area contributed by atoms with E-state index in [0.29, 0.717) is 21.7 Å². The van der Waals surface area contributed by atoms with Crippen molar-refractivity contribution in [2.75, 3.05) is 5.75 Å². The maximum absolute atomic E-state index is 12.4. The highest BCUT2D eigenvalue weighted by molar-refractivity contribution is 7.99. The number of aryl methyl sites for hydroxylation is 1. The number of hydrogen-bond acceptors (Lipinski definition) is 6. The monoisotopic (exact) mass is 476 g/mol. The first-order valence-corrected chi connectivity index (χ1v) is 11.5. The fraction of sp³-hybridized carbons (Fsp3) is 0.125. The van der Waals surface area contributed by atoms with Gasteiger partial charge in [-0.3, -0.25) is 14.3 Å². The summed E-state index contributed by atoms with van der Waals surface area (Å²) in [5.74, 6) is 0.579. The number of hydrogen-bond donors (Lipinski definition) is 1. The number of benzene rings is 2. The second-order valence-corrected chi connectivity index (χ2v) is 8.62. The molecule has 4 aromatic rings. The number of amides is 1. The van der Waals surface area contributed by atoms with Crippen molar-refractivity contribution in [2.45, 2.75) is 19.0 Å². The molecular formula is C24H21ClN6OS. The van der Waals surface area contributed by atoms with E-state index in [-0.39, 0.29) is 11.7 Å². The van der Waals surface area contributed by atoms with Crippen LogP contribution in [0.15, 0.2) is 83.3 Å². The van der Waals surface area contributed by atoms with Gasteiger partial charge >= 0.3 is 0 Å². The molecule has 0 spiro atoms. The normalized spacial score (nSPS) is 11.4. The molecule has 2 aromatic heterocycles. The van der Waals surface area contributed by atoms with Crippen LogP contribution in [0.25, 0.3) is 17.1 Å². The molecule has 0 saturated carbocycles. The molecule has 0 fully saturated rings. The predicted octanol–water partition coefficient (Wildman–Crippen LogP) is 4.92. The van der Waals surface area contributed by atoms with Crippen molar-refractivity contribution < 1.29 is 4.79 Å². The molecule has 0 saturated heterocycles. The van der Waals surface area contributed by atoms with E-state index in [1.165, 1.54) is 11.8 Å². The molecule has 0 radical (unpaired) electrons. The van der Waals surface area contributed by atoms with Crippen LogP contribution in [0.5, 0.6) is 0 Å². The number of nitrogens with zero attached hydrogens (tertiary/aromatic N) is 5. The Morgan fingerprint density at radius 3 is 2.42 bits per heavy atom. The molecule has 0 aliphatic heterocycles. The van der Waals surface area contributed by atoms with Crippen molar-refractivity contribution in [3.05, 3.63) is 89.2 Å². The van der Waals surface area contributed by atoms with Crippen LogP contribution in [-0.2, 0) is 4.79 Å². The summed E-state index contributed by atoms with van der Waals surface area (Å²) < 4.78 is 1.94. The molecule has 2 aromatic carbocycles. The molecule has 1 N–H and O–H groups in total. The zero-order valence-corrected chi connectivity index (χ0v) is 19.6. The predicted molar refractivity (Wildman–Crippen MR) is 132 cm³/mol. The van der Waals surface area contributed by atoms with Crippen LogP contribution in [0.2, 0.25) is 5.02 Å². The SMILES string of the molecule is C/C(=N\NC(=O)CSc1nnc(-c2ccncc2)n1-c1ccc(C)cc1)c1ccc(Cl)cc1. The number of hydrazone groups is 1. The van der Waals surface area contributed by atoms with Gasteiger partial charge in [0.15, 0.2) is 11.0 Å². The van der Waals surface area contributed by atoms with Crippen LogP contribution in [-0.4, -0.2) is 37.1 Å². The molecular weight excluding hydrogens is 456 g/mol. The summed E-state index contributed by atoms with van der Waals surface area (Å²) in [6.45, 7) is 3.86. The van der Waals surface area contributed by atoms with E-state index in [2.05, 4.69) is 25.7 Å². The molecule has 2 heterocycles. The molecule has 33 heavy (non-hydrogen) atoms. The van der Waals surface area contributed by atoms with Crippen LogP contribution >= 0.6 is 23.4 Å². The van der Waals surface area contributed by atoms with Crippen molar-refractivity contribution in [3.8, 4) is 17.1 Å². The van der Waals surface area contributed by atoms with E-state index < -0.39 is 0 Å². The van der Waals surface area contributed by atoms with Crippen molar-refractivity contribution >= 4 is 35.0 Å². The highest BCUT2D eigenvalue weighted by Crippen LogP contribution is 2.27. The molecule has 4 rings (SSSR count). The lowest BCUT2D eigenvalue weighted by Gasteiger charge is -2.10. The summed E-state index contributed by atoms with van der Waals surface area (Å²) in [5, 5.41) is 14.2. The second kappa shape index (κ2) is 10.4. The minimum atomic E-state index is -0.239. The lowest BCUT2D eigenvalue weighted by molar-refractivity contribution is -0.118. The van der Waals surface area contributed by atoms with Gasteiger partial charge in [0.05, 0.1) is 11.5 Å². The van der Waals surface area contributed by atoms with E-state index in [0.717, 1.165) is 22.4 Å². The van der Waals surface area contributed by atoms with Gasteiger partial charge in [0, 0.05) is 28.7 Å². The fourth-order valence-corrected chi connectivity index (χ4v) is 3.91. The Hall–Kier alpha value is -3.49. The van der Waals surface area contributed by atoms with Crippen LogP contribution in [0.4, 0.5) is 0 Å². The number of carbonyl (C=O) groups excluding carboxylic acids is 1. The molecule has 0 aliphatic rings. The van der Waals surface area contributed by atoms with E-state index in [1.807, 2.05) is 66.9 Å². The van der Waals surface area contributed by atoms with Gasteiger partial charge < -0.3 is 0 Å². The first kappa shape index (κ1) is 22.7. The Bertz CT molecular complexity index is 1270. The summed E-state index contributed by atoms with van der Waals surface area (Å²) in [7, 11) is 0. The molecule has 1 amide bonds. The lowest BCUT2D eigenvalue weighted by Crippen LogP contribution is -2.21. The number of thioether (sulfide) groups is 1. The van der Waals surface area contributed by atoms with Gasteiger partial charge in [0.1, 0.15) is 0 Å². The Morgan fingerprint density at radius 1 is 1.03 bits per heavy atom. The third kappa shape index (κ3) is 5.66. The number of rotatable bonds is 7. The van der Waals surface area contributed by atoms with Crippen molar-refractivity contribution in [1.82, 2.24) is 25.2 Å². The quantitative estimate of drug-likeness (QED) is 0.232. The van der Waals surface area contributed by atoms with E-state index in [9.17, 15) is 4.79 Å². The number of halogens is 1. The average Bonchev–Trinajstić information content (AvgIpc) is 3.26. The van der Waals surface area contributed by atoms with Crippen molar-refractivity contribution in [2.24, 2.45) is 5.10 Å². The molecule has 7 nitrogen and oxygen atoms in total. The van der Waals surface area contributed by atoms with Gasteiger partial charge in [0.25, 0.3) is 5.91 Å². The second-order valence-electron chi connectivity index (χ2n) is 7.24. The van der Waals surface area contributed by atoms with E-state index in [4.69, 9.17) is 11.6 Å². The molecule has 0 atom stereocenters. The molecule has 9 heteroatoms. The number of carbonyl (C=O) groups is 1. The number of nitrogens with one attached hydrogen (secondary N) is 1. The summed E-state index contributed by atoms with van der Waals surface area (Å²) in [6, 6.07) is 19.1. The minimum absolute atomic E-state index is 0.137. The Kier molecular flexibility index (Phi) is 7.16. The molecule has 0 bridgehead atoms. The minimum Gasteiger partial charge on any atom is -0.272 e. The van der Waals surface area contributed by atoms with Gasteiger partial charge in [-0.05, 0) is 55.8 Å². The Balaban J connectivity index is 1.51. The van der Waals surface area contributed by atoms with Gasteiger partial charge in [-0.1, -0.05) is 53.2 Å². The van der Waals surface area contributed by atoms with Crippen LogP contribution in [0.3, 0.4) is 0 Å².